The lowest BCUT2D eigenvalue weighted by atomic mass is 10.00. The van der Waals surface area contributed by atoms with Gasteiger partial charge in [0, 0.05) is 53.6 Å². The second-order valence-corrected chi connectivity index (χ2v) is 12.1. The van der Waals surface area contributed by atoms with Gasteiger partial charge in [0.15, 0.2) is 0 Å². The first-order chi connectivity index (χ1) is 24.4. The molecule has 212 valence electrons. The average Bonchev–Trinajstić information content (AvgIpc) is 3.73. The maximum atomic E-state index is 8.87. The van der Waals surface area contributed by atoms with Crippen LogP contribution in [0.15, 0.2) is 168 Å². The highest BCUT2D eigenvalue weighted by Gasteiger charge is 2.16. The Bertz CT molecular complexity index is 2740. The Kier molecular flexibility index (Phi) is 4.94. The van der Waals surface area contributed by atoms with Gasteiger partial charge in [-0.05, 0) is 71.2 Å². The summed E-state index contributed by atoms with van der Waals surface area (Å²) < 4.78 is 51.4. The highest BCUT2D eigenvalue weighted by Crippen LogP contribution is 2.42. The fourth-order valence-electron chi connectivity index (χ4n) is 6.24. The van der Waals surface area contributed by atoms with Crippen molar-refractivity contribution >= 4 is 70.5 Å². The predicted molar refractivity (Wildman–Crippen MR) is 192 cm³/mol. The molecule has 0 aliphatic carbocycles. The van der Waals surface area contributed by atoms with E-state index in [1.54, 1.807) is 16.2 Å². The highest BCUT2D eigenvalue weighted by molar-refractivity contribution is 7.25. The van der Waals surface area contributed by atoms with Gasteiger partial charge in [0.25, 0.3) is 0 Å². The van der Waals surface area contributed by atoms with E-state index in [0.29, 0.717) is 11.4 Å². The molecule has 9 rings (SSSR count). The molecule has 0 bridgehead atoms. The van der Waals surface area contributed by atoms with E-state index in [2.05, 4.69) is 48.5 Å². The third-order valence-corrected chi connectivity index (χ3v) is 9.50. The van der Waals surface area contributed by atoms with Gasteiger partial charge in [-0.2, -0.15) is 0 Å². The van der Waals surface area contributed by atoms with Crippen molar-refractivity contribution in [2.45, 2.75) is 0 Å². The first-order valence-corrected chi connectivity index (χ1v) is 15.6. The topological polar surface area (TPSA) is 16.4 Å². The molecule has 0 saturated heterocycles. The summed E-state index contributed by atoms with van der Waals surface area (Å²) in [5, 5.41) is 4.35. The number of anilines is 3. The van der Waals surface area contributed by atoms with Gasteiger partial charge < -0.3 is 9.32 Å². The van der Waals surface area contributed by atoms with E-state index in [0.717, 1.165) is 64.4 Å². The second-order valence-electron chi connectivity index (χ2n) is 11.0. The largest absolute Gasteiger partial charge is 0.455 e. The zero-order chi connectivity index (χ0) is 34.1. The first kappa shape index (κ1) is 21.1. The molecule has 0 radical (unpaired) electrons. The molecular formula is C42H27NOS. The minimum atomic E-state index is -0.419. The van der Waals surface area contributed by atoms with Crippen molar-refractivity contribution in [1.82, 2.24) is 0 Å². The van der Waals surface area contributed by atoms with Crippen LogP contribution >= 0.6 is 11.3 Å². The Morgan fingerprint density at radius 2 is 1.22 bits per heavy atom. The Labute approximate surface area is 272 Å². The molecule has 3 heteroatoms. The first-order valence-electron chi connectivity index (χ1n) is 17.3. The van der Waals surface area contributed by atoms with Crippen LogP contribution < -0.4 is 4.90 Å². The lowest BCUT2D eigenvalue weighted by Crippen LogP contribution is -2.09. The van der Waals surface area contributed by atoms with E-state index >= 15 is 0 Å². The lowest BCUT2D eigenvalue weighted by molar-refractivity contribution is 0.670. The minimum absolute atomic E-state index is 0.102. The summed E-state index contributed by atoms with van der Waals surface area (Å²) in [6, 6.07) is 43.2. The Morgan fingerprint density at radius 1 is 0.489 bits per heavy atom. The quantitative estimate of drug-likeness (QED) is 0.196. The summed E-state index contributed by atoms with van der Waals surface area (Å²) in [7, 11) is 0. The summed E-state index contributed by atoms with van der Waals surface area (Å²) >= 11 is 1.67. The van der Waals surface area contributed by atoms with Crippen molar-refractivity contribution in [3.63, 3.8) is 0 Å². The number of nitrogens with zero attached hydrogens (tertiary/aromatic N) is 1. The SMILES string of the molecule is [2H]c1c([2H])c([2H])c(N(c2ccc(-c3ccc4oc5c(-c6ccccc6)cccc5c4c3)cc2)c2ccc3c(c2)sc2ccccc23)c([2H])c1[2H]. The minimum Gasteiger partial charge on any atom is -0.455 e. The van der Waals surface area contributed by atoms with Gasteiger partial charge in [0.1, 0.15) is 11.2 Å². The summed E-state index contributed by atoms with van der Waals surface area (Å²) in [5.74, 6) is 0. The Morgan fingerprint density at radius 3 is 2.09 bits per heavy atom. The molecule has 0 spiro atoms. The number of benzene rings is 7. The zero-order valence-corrected chi connectivity index (χ0v) is 24.8. The summed E-state index contributed by atoms with van der Waals surface area (Å²) in [5.41, 5.74) is 7.28. The molecule has 0 aliphatic heterocycles. The summed E-state index contributed by atoms with van der Waals surface area (Å²) in [6.07, 6.45) is 0. The standard InChI is InChI=1S/C42H27NOS/c1-3-10-29(11-4-1)34-15-9-16-37-38-26-30(20-25-39(38)44-42(34)37)28-18-21-32(22-19-28)43(31-12-5-2-6-13-31)33-23-24-36-35-14-7-8-17-40(35)45-41(36)27-33/h1-27H/i2D,5D,6D,12D,13D. The van der Waals surface area contributed by atoms with Crippen LogP contribution in [0, 0.1) is 0 Å². The predicted octanol–water partition coefficient (Wildman–Crippen LogP) is 12.8. The molecule has 9 aromatic rings. The van der Waals surface area contributed by atoms with Crippen molar-refractivity contribution in [2.24, 2.45) is 0 Å². The zero-order valence-electron chi connectivity index (χ0n) is 29.0. The van der Waals surface area contributed by atoms with Crippen LogP contribution in [-0.4, -0.2) is 0 Å². The molecular weight excluding hydrogens is 567 g/mol. The fourth-order valence-corrected chi connectivity index (χ4v) is 7.38. The van der Waals surface area contributed by atoms with E-state index < -0.39 is 6.04 Å². The molecule has 0 aliphatic rings. The molecule has 0 N–H and O–H groups in total. The summed E-state index contributed by atoms with van der Waals surface area (Å²) in [6.45, 7) is 0. The van der Waals surface area contributed by atoms with Crippen molar-refractivity contribution in [3.8, 4) is 22.3 Å². The summed E-state index contributed by atoms with van der Waals surface area (Å²) in [4.78, 5) is 1.77. The van der Waals surface area contributed by atoms with Crippen molar-refractivity contribution < 1.29 is 11.3 Å². The maximum absolute atomic E-state index is 8.87. The van der Waals surface area contributed by atoms with E-state index in [9.17, 15) is 0 Å². The fraction of sp³-hybridized carbons (Fsp3) is 0. The molecule has 0 amide bonds. The number of hydrogen-bond acceptors (Lipinski definition) is 3. The number of thiophene rings is 1. The number of rotatable bonds is 5. The molecule has 0 atom stereocenters. The van der Waals surface area contributed by atoms with Gasteiger partial charge in [0.05, 0.1) is 6.85 Å². The van der Waals surface area contributed by atoms with Crippen LogP contribution in [0.3, 0.4) is 0 Å². The van der Waals surface area contributed by atoms with E-state index in [1.807, 2.05) is 84.9 Å². The molecule has 2 aromatic heterocycles. The third-order valence-electron chi connectivity index (χ3n) is 8.37. The maximum Gasteiger partial charge on any atom is 0.143 e. The molecule has 0 saturated carbocycles. The van der Waals surface area contributed by atoms with Crippen LogP contribution in [-0.2, 0) is 0 Å². The Hall–Kier alpha value is -5.64. The normalized spacial score (nSPS) is 13.1. The van der Waals surface area contributed by atoms with Gasteiger partial charge in [-0.15, -0.1) is 11.3 Å². The van der Waals surface area contributed by atoms with E-state index in [-0.39, 0.29) is 29.9 Å². The molecule has 7 aromatic carbocycles. The third kappa shape index (κ3) is 4.40. The van der Waals surface area contributed by atoms with Crippen LogP contribution in [0.25, 0.3) is 64.4 Å². The second kappa shape index (κ2) is 10.5. The Balaban J connectivity index is 1.17. The van der Waals surface area contributed by atoms with Crippen molar-refractivity contribution in [2.75, 3.05) is 4.90 Å². The number of fused-ring (bicyclic) bond motifs is 6. The van der Waals surface area contributed by atoms with Crippen LogP contribution in [0.2, 0.25) is 0 Å². The number of para-hydroxylation sites is 2. The van der Waals surface area contributed by atoms with E-state index in [1.165, 1.54) is 0 Å². The number of furan rings is 1. The van der Waals surface area contributed by atoms with Gasteiger partial charge in [-0.1, -0.05) is 109 Å². The molecule has 0 fully saturated rings. The van der Waals surface area contributed by atoms with Crippen LogP contribution in [0.4, 0.5) is 17.1 Å². The van der Waals surface area contributed by atoms with E-state index in [4.69, 9.17) is 11.3 Å². The molecule has 45 heavy (non-hydrogen) atoms. The van der Waals surface area contributed by atoms with Gasteiger partial charge in [-0.3, -0.25) is 0 Å². The number of hydrogen-bond donors (Lipinski definition) is 0. The highest BCUT2D eigenvalue weighted by atomic mass is 32.1. The van der Waals surface area contributed by atoms with Crippen LogP contribution in [0.1, 0.15) is 6.85 Å². The molecule has 2 nitrogen and oxygen atoms in total. The monoisotopic (exact) mass is 598 g/mol. The van der Waals surface area contributed by atoms with Gasteiger partial charge in [0.2, 0.25) is 0 Å². The van der Waals surface area contributed by atoms with Crippen molar-refractivity contribution in [3.05, 3.63) is 164 Å². The van der Waals surface area contributed by atoms with Gasteiger partial charge >= 0.3 is 0 Å². The van der Waals surface area contributed by atoms with Crippen LogP contribution in [0.5, 0.6) is 0 Å². The smallest absolute Gasteiger partial charge is 0.143 e. The molecule has 2 heterocycles. The molecule has 0 unspecified atom stereocenters. The average molecular weight is 599 g/mol. The lowest BCUT2D eigenvalue weighted by Gasteiger charge is -2.25. The van der Waals surface area contributed by atoms with Gasteiger partial charge in [-0.25, -0.2) is 0 Å². The van der Waals surface area contributed by atoms with Crippen molar-refractivity contribution in [1.29, 1.82) is 0 Å².